The zero-order chi connectivity index (χ0) is 22.3. The summed E-state index contributed by atoms with van der Waals surface area (Å²) < 4.78 is 4.95. The molecule has 6 nitrogen and oxygen atoms in total. The molecule has 0 aromatic heterocycles. The van der Waals surface area contributed by atoms with Crippen LogP contribution in [0.3, 0.4) is 0 Å². The van der Waals surface area contributed by atoms with Crippen molar-refractivity contribution in [3.63, 3.8) is 0 Å². The first kappa shape index (κ1) is 23.4. The van der Waals surface area contributed by atoms with E-state index in [0.29, 0.717) is 16.3 Å². The van der Waals surface area contributed by atoms with Crippen LogP contribution in [0.1, 0.15) is 48.7 Å². The van der Waals surface area contributed by atoms with Crippen LogP contribution in [0, 0.1) is 6.92 Å². The third-order valence-corrected chi connectivity index (χ3v) is 4.69. The van der Waals surface area contributed by atoms with E-state index in [9.17, 15) is 14.4 Å². The van der Waals surface area contributed by atoms with E-state index in [4.69, 9.17) is 16.3 Å². The fourth-order valence-corrected chi connectivity index (χ4v) is 2.90. The fraction of sp³-hybridized carbons (Fsp3) is 0.348. The summed E-state index contributed by atoms with van der Waals surface area (Å²) >= 11 is 5.88. The van der Waals surface area contributed by atoms with Crippen LogP contribution in [0.5, 0.6) is 0 Å². The van der Waals surface area contributed by atoms with E-state index in [2.05, 4.69) is 31.4 Å². The van der Waals surface area contributed by atoms with Crippen molar-refractivity contribution in [1.29, 1.82) is 0 Å². The minimum absolute atomic E-state index is 0.0112. The highest BCUT2D eigenvalue weighted by Crippen LogP contribution is 2.22. The molecule has 0 aliphatic carbocycles. The molecule has 2 rings (SSSR count). The van der Waals surface area contributed by atoms with Gasteiger partial charge in [-0.25, -0.2) is 0 Å². The van der Waals surface area contributed by atoms with E-state index in [1.807, 2.05) is 19.1 Å². The molecule has 30 heavy (non-hydrogen) atoms. The van der Waals surface area contributed by atoms with Gasteiger partial charge in [-0.1, -0.05) is 44.5 Å². The van der Waals surface area contributed by atoms with Gasteiger partial charge in [-0.05, 0) is 53.8 Å². The van der Waals surface area contributed by atoms with Gasteiger partial charge in [0.25, 0.3) is 11.8 Å². The number of carbonyl (C=O) groups is 3. The van der Waals surface area contributed by atoms with Gasteiger partial charge in [0.2, 0.25) is 0 Å². The molecule has 2 aromatic rings. The first-order valence-electron chi connectivity index (χ1n) is 9.66. The average molecular weight is 431 g/mol. The molecular weight excluding hydrogens is 404 g/mol. The lowest BCUT2D eigenvalue weighted by Crippen LogP contribution is -2.28. The molecular formula is C23H27ClN2O4. The number of nitrogens with one attached hydrogen (secondary N) is 2. The number of hydrogen-bond donors (Lipinski definition) is 2. The number of rotatable bonds is 7. The summed E-state index contributed by atoms with van der Waals surface area (Å²) in [7, 11) is 0. The molecule has 0 spiro atoms. The largest absolute Gasteiger partial charge is 0.456 e. The molecule has 0 atom stereocenters. The molecule has 0 radical (unpaired) electrons. The highest BCUT2D eigenvalue weighted by atomic mass is 35.5. The van der Waals surface area contributed by atoms with E-state index >= 15 is 0 Å². The average Bonchev–Trinajstić information content (AvgIpc) is 2.68. The number of aryl methyl sites for hydroxylation is 1. The van der Waals surface area contributed by atoms with Crippen molar-refractivity contribution in [3.05, 3.63) is 64.2 Å². The number of carbonyl (C=O) groups excluding carboxylic acids is 3. The van der Waals surface area contributed by atoms with Gasteiger partial charge in [0.05, 0.1) is 6.42 Å². The molecule has 0 aliphatic rings. The molecule has 0 unspecified atom stereocenters. The summed E-state index contributed by atoms with van der Waals surface area (Å²) in [5.41, 5.74) is 3.08. The van der Waals surface area contributed by atoms with Gasteiger partial charge in [0.15, 0.2) is 6.61 Å². The quantitative estimate of drug-likeness (QED) is 0.643. The second kappa shape index (κ2) is 10.3. The van der Waals surface area contributed by atoms with E-state index in [0.717, 1.165) is 11.1 Å². The summed E-state index contributed by atoms with van der Waals surface area (Å²) in [6, 6.07) is 12.4. The zero-order valence-corrected chi connectivity index (χ0v) is 18.4. The SMILES string of the molecule is Cc1cc(Cl)ccc1NC(=O)COC(=O)CCNC(=O)c1ccc(C(C)(C)C)cc1. The Kier molecular flexibility index (Phi) is 8.00. The molecule has 2 aromatic carbocycles. The topological polar surface area (TPSA) is 84.5 Å². The van der Waals surface area contributed by atoms with Crippen molar-refractivity contribution >= 4 is 35.1 Å². The normalized spacial score (nSPS) is 11.0. The standard InChI is InChI=1S/C23H27ClN2O4/c1-15-13-18(24)9-10-19(15)26-20(27)14-30-21(28)11-12-25-22(29)16-5-7-17(8-6-16)23(2,3)4/h5-10,13H,11-12,14H2,1-4H3,(H,25,29)(H,26,27). The Labute approximate surface area is 182 Å². The lowest BCUT2D eigenvalue weighted by Gasteiger charge is -2.19. The Balaban J connectivity index is 1.71. The molecule has 0 heterocycles. The minimum Gasteiger partial charge on any atom is -0.456 e. The second-order valence-electron chi connectivity index (χ2n) is 8.00. The van der Waals surface area contributed by atoms with E-state index in [1.165, 1.54) is 0 Å². The Morgan fingerprint density at radius 1 is 1.03 bits per heavy atom. The van der Waals surface area contributed by atoms with Crippen LogP contribution in [0.15, 0.2) is 42.5 Å². The van der Waals surface area contributed by atoms with E-state index < -0.39 is 18.5 Å². The molecule has 0 bridgehead atoms. The maximum atomic E-state index is 12.2. The Hall–Kier alpha value is -2.86. The van der Waals surface area contributed by atoms with Crippen LogP contribution in [0.4, 0.5) is 5.69 Å². The van der Waals surface area contributed by atoms with Crippen LogP contribution < -0.4 is 10.6 Å². The van der Waals surface area contributed by atoms with Crippen LogP contribution in [-0.2, 0) is 19.7 Å². The van der Waals surface area contributed by atoms with Crippen molar-refractivity contribution in [3.8, 4) is 0 Å². The number of hydrogen-bond acceptors (Lipinski definition) is 4. The first-order chi connectivity index (χ1) is 14.1. The van der Waals surface area contributed by atoms with Crippen molar-refractivity contribution in [2.24, 2.45) is 0 Å². The number of anilines is 1. The van der Waals surface area contributed by atoms with Crippen LogP contribution >= 0.6 is 11.6 Å². The number of amides is 2. The third kappa shape index (κ3) is 7.19. The monoisotopic (exact) mass is 430 g/mol. The van der Waals surface area contributed by atoms with Crippen molar-refractivity contribution in [1.82, 2.24) is 5.32 Å². The molecule has 0 saturated heterocycles. The number of halogens is 1. The lowest BCUT2D eigenvalue weighted by molar-refractivity contribution is -0.147. The van der Waals surface area contributed by atoms with Crippen LogP contribution in [0.25, 0.3) is 0 Å². The molecule has 2 N–H and O–H groups in total. The van der Waals surface area contributed by atoms with Gasteiger partial charge in [0.1, 0.15) is 0 Å². The van der Waals surface area contributed by atoms with Gasteiger partial charge in [-0.15, -0.1) is 0 Å². The summed E-state index contributed by atoms with van der Waals surface area (Å²) in [6.45, 7) is 7.84. The number of benzene rings is 2. The number of ether oxygens (including phenoxy) is 1. The van der Waals surface area contributed by atoms with Crippen molar-refractivity contribution in [2.45, 2.75) is 39.5 Å². The predicted molar refractivity (Wildman–Crippen MR) is 118 cm³/mol. The highest BCUT2D eigenvalue weighted by molar-refractivity contribution is 6.30. The van der Waals surface area contributed by atoms with Crippen LogP contribution in [-0.4, -0.2) is 30.9 Å². The Morgan fingerprint density at radius 3 is 2.30 bits per heavy atom. The van der Waals surface area contributed by atoms with Gasteiger partial charge < -0.3 is 15.4 Å². The molecule has 0 fully saturated rings. The van der Waals surface area contributed by atoms with Gasteiger partial charge >= 0.3 is 5.97 Å². The molecule has 160 valence electrons. The number of esters is 1. The van der Waals surface area contributed by atoms with Crippen LogP contribution in [0.2, 0.25) is 5.02 Å². The highest BCUT2D eigenvalue weighted by Gasteiger charge is 2.15. The van der Waals surface area contributed by atoms with Crippen molar-refractivity contribution in [2.75, 3.05) is 18.5 Å². The summed E-state index contributed by atoms with van der Waals surface area (Å²) in [5.74, 6) is -1.28. The molecule has 2 amide bonds. The summed E-state index contributed by atoms with van der Waals surface area (Å²) in [4.78, 5) is 35.9. The van der Waals surface area contributed by atoms with Gasteiger partial charge in [-0.3, -0.25) is 14.4 Å². The maximum Gasteiger partial charge on any atom is 0.308 e. The smallest absolute Gasteiger partial charge is 0.308 e. The van der Waals surface area contributed by atoms with Crippen molar-refractivity contribution < 1.29 is 19.1 Å². The minimum atomic E-state index is -0.568. The fourth-order valence-electron chi connectivity index (χ4n) is 2.67. The third-order valence-electron chi connectivity index (χ3n) is 4.45. The maximum absolute atomic E-state index is 12.2. The second-order valence-corrected chi connectivity index (χ2v) is 8.44. The van der Waals surface area contributed by atoms with E-state index in [1.54, 1.807) is 30.3 Å². The zero-order valence-electron chi connectivity index (χ0n) is 17.7. The molecule has 0 aliphatic heterocycles. The Morgan fingerprint density at radius 2 is 1.70 bits per heavy atom. The predicted octanol–water partition coefficient (Wildman–Crippen LogP) is 4.25. The summed E-state index contributed by atoms with van der Waals surface area (Å²) in [5, 5.41) is 5.91. The van der Waals surface area contributed by atoms with Gasteiger partial charge in [0, 0.05) is 22.8 Å². The molecule has 0 saturated carbocycles. The lowest BCUT2D eigenvalue weighted by atomic mass is 9.87. The van der Waals surface area contributed by atoms with E-state index in [-0.39, 0.29) is 24.3 Å². The van der Waals surface area contributed by atoms with Gasteiger partial charge in [-0.2, -0.15) is 0 Å². The summed E-state index contributed by atoms with van der Waals surface area (Å²) in [6.07, 6.45) is -0.0287. The molecule has 7 heteroatoms. The Bertz CT molecular complexity index is 918. The first-order valence-corrected chi connectivity index (χ1v) is 10.0.